The van der Waals surface area contributed by atoms with Crippen LogP contribution in [0, 0.1) is 23.1 Å². The minimum Gasteiger partial charge on any atom is -0.497 e. The number of sulfonamides is 1. The van der Waals surface area contributed by atoms with Crippen molar-refractivity contribution in [1.29, 1.82) is 5.26 Å². The zero-order chi connectivity index (χ0) is 30.7. The molecule has 0 saturated carbocycles. The first-order valence-corrected chi connectivity index (χ1v) is 16.1. The van der Waals surface area contributed by atoms with Gasteiger partial charge in [0.1, 0.15) is 17.6 Å². The lowest BCUT2D eigenvalue weighted by atomic mass is 9.87. The van der Waals surface area contributed by atoms with Crippen LogP contribution in [0.15, 0.2) is 54.6 Å². The normalized spacial score (nSPS) is 21.6. The van der Waals surface area contributed by atoms with Crippen LogP contribution in [-0.4, -0.2) is 79.8 Å². The number of aromatic nitrogens is 2. The fourth-order valence-corrected chi connectivity index (χ4v) is 7.25. The number of carbonyl (C=O) groups excluding carboxylic acids is 1. The van der Waals surface area contributed by atoms with Crippen LogP contribution in [-0.2, 0) is 14.8 Å². The van der Waals surface area contributed by atoms with Crippen LogP contribution in [0.4, 0.5) is 10.2 Å². The van der Waals surface area contributed by atoms with E-state index >= 15 is 4.39 Å². The second kappa shape index (κ2) is 12.8. The maximum atomic E-state index is 15.4. The zero-order valence-electron chi connectivity index (χ0n) is 23.9. The predicted octanol–water partition coefficient (Wildman–Crippen LogP) is 3.99. The molecule has 3 atom stereocenters. The summed E-state index contributed by atoms with van der Waals surface area (Å²) >= 11 is 6.07. The summed E-state index contributed by atoms with van der Waals surface area (Å²) in [5, 5.41) is 17.8. The molecule has 1 amide bonds. The number of hydrogen-bond acceptors (Lipinski definition) is 8. The van der Waals surface area contributed by atoms with Gasteiger partial charge in [-0.3, -0.25) is 4.79 Å². The van der Waals surface area contributed by atoms with Gasteiger partial charge < -0.3 is 14.5 Å². The molecule has 43 heavy (non-hydrogen) atoms. The van der Waals surface area contributed by atoms with Gasteiger partial charge in [-0.05, 0) is 54.3 Å². The zero-order valence-corrected chi connectivity index (χ0v) is 25.4. The number of ether oxygens (including phenoxy) is 1. The van der Waals surface area contributed by atoms with Crippen LogP contribution >= 0.6 is 11.6 Å². The molecule has 0 aliphatic carbocycles. The number of methoxy groups -OCH3 is 1. The minimum atomic E-state index is -3.60. The minimum absolute atomic E-state index is 0.122. The van der Waals surface area contributed by atoms with E-state index in [-0.39, 0.29) is 37.3 Å². The Morgan fingerprint density at radius 3 is 2.47 bits per heavy atom. The molecule has 0 N–H and O–H groups in total. The average molecular weight is 627 g/mol. The van der Waals surface area contributed by atoms with E-state index in [0.29, 0.717) is 48.1 Å². The average Bonchev–Trinajstić information content (AvgIpc) is 3.42. The molecule has 1 aromatic heterocycles. The van der Waals surface area contributed by atoms with Crippen molar-refractivity contribution in [2.75, 3.05) is 51.0 Å². The van der Waals surface area contributed by atoms with Crippen LogP contribution in [0.3, 0.4) is 0 Å². The summed E-state index contributed by atoms with van der Waals surface area (Å²) in [6.07, 6.45) is 2.27. The molecule has 3 heterocycles. The number of anilines is 1. The number of amides is 1. The number of nitriles is 1. The number of nitrogens with zero attached hydrogens (tertiary/aromatic N) is 6. The number of halogens is 2. The van der Waals surface area contributed by atoms with E-state index in [1.165, 1.54) is 23.7 Å². The van der Waals surface area contributed by atoms with Gasteiger partial charge in [0.25, 0.3) is 0 Å². The van der Waals surface area contributed by atoms with Gasteiger partial charge in [0.15, 0.2) is 11.5 Å². The summed E-state index contributed by atoms with van der Waals surface area (Å²) in [5.74, 6) is -0.932. The second-order valence-corrected chi connectivity index (χ2v) is 13.2. The summed E-state index contributed by atoms with van der Waals surface area (Å²) < 4.78 is 47.8. The Morgan fingerprint density at radius 1 is 1.07 bits per heavy atom. The fraction of sp³-hybridized carbons (Fsp3) is 0.400. The molecule has 3 aromatic rings. The van der Waals surface area contributed by atoms with Gasteiger partial charge in [0.2, 0.25) is 15.9 Å². The van der Waals surface area contributed by atoms with Crippen molar-refractivity contribution in [2.45, 2.75) is 24.8 Å². The molecule has 2 aliphatic heterocycles. The quantitative estimate of drug-likeness (QED) is 0.403. The van der Waals surface area contributed by atoms with Crippen LogP contribution in [0.1, 0.15) is 41.6 Å². The molecular formula is C30H32ClFN6O4S. The van der Waals surface area contributed by atoms with Crippen molar-refractivity contribution in [3.63, 3.8) is 0 Å². The van der Waals surface area contributed by atoms with E-state index in [2.05, 4.69) is 10.2 Å². The van der Waals surface area contributed by atoms with Gasteiger partial charge in [0.05, 0.1) is 19.3 Å². The summed E-state index contributed by atoms with van der Waals surface area (Å²) in [6, 6.07) is 16.6. The first-order valence-electron chi connectivity index (χ1n) is 13.9. The molecule has 226 valence electrons. The lowest BCUT2D eigenvalue weighted by Gasteiger charge is -2.37. The Kier molecular flexibility index (Phi) is 9.15. The molecule has 10 nitrogen and oxygen atoms in total. The Labute approximate surface area is 255 Å². The lowest BCUT2D eigenvalue weighted by Crippen LogP contribution is -2.47. The largest absolute Gasteiger partial charge is 0.497 e. The third-order valence-electron chi connectivity index (χ3n) is 8.17. The van der Waals surface area contributed by atoms with Crippen LogP contribution in [0.5, 0.6) is 5.75 Å². The standard InChI is InChI=1S/C30H32ClFN6O4S/c1-42-23-10-11-24(27(32)16-23)25-18-37(29-12-9-22(17-33)34-35-29)19-26(25)30(39)36-13-3-4-28(20-5-7-21(31)8-6-20)38(15-14-36)43(2,40)41/h5-12,16,25-26,28H,3-4,13-15,18-19H2,1-2H3/t25-,26+,28?/m0/s1. The highest BCUT2D eigenvalue weighted by Gasteiger charge is 2.43. The molecule has 0 bridgehead atoms. The third-order valence-corrected chi connectivity index (χ3v) is 9.71. The number of carbonyl (C=O) groups is 1. The Morgan fingerprint density at radius 2 is 1.84 bits per heavy atom. The van der Waals surface area contributed by atoms with Gasteiger partial charge in [-0.15, -0.1) is 10.2 Å². The maximum Gasteiger partial charge on any atom is 0.228 e. The molecule has 2 saturated heterocycles. The smallest absolute Gasteiger partial charge is 0.228 e. The van der Waals surface area contributed by atoms with E-state index in [0.717, 1.165) is 5.56 Å². The molecule has 2 fully saturated rings. The Hall–Kier alpha value is -3.79. The Bertz CT molecular complexity index is 1620. The first-order chi connectivity index (χ1) is 20.6. The topological polar surface area (TPSA) is 120 Å². The van der Waals surface area contributed by atoms with Crippen LogP contribution in [0.25, 0.3) is 0 Å². The van der Waals surface area contributed by atoms with Crippen molar-refractivity contribution >= 4 is 33.3 Å². The second-order valence-electron chi connectivity index (χ2n) is 10.8. The van der Waals surface area contributed by atoms with Gasteiger partial charge in [-0.1, -0.05) is 29.8 Å². The molecule has 1 unspecified atom stereocenters. The van der Waals surface area contributed by atoms with Gasteiger partial charge >= 0.3 is 0 Å². The van der Waals surface area contributed by atoms with E-state index in [1.807, 2.05) is 23.1 Å². The number of hydrogen-bond donors (Lipinski definition) is 0. The van der Waals surface area contributed by atoms with Crippen molar-refractivity contribution in [2.24, 2.45) is 5.92 Å². The van der Waals surface area contributed by atoms with Crippen molar-refractivity contribution in [1.82, 2.24) is 19.4 Å². The summed E-state index contributed by atoms with van der Waals surface area (Å²) in [7, 11) is -2.14. The van der Waals surface area contributed by atoms with E-state index in [1.54, 1.807) is 41.3 Å². The van der Waals surface area contributed by atoms with Gasteiger partial charge in [0, 0.05) is 55.8 Å². The highest BCUT2D eigenvalue weighted by molar-refractivity contribution is 7.88. The summed E-state index contributed by atoms with van der Waals surface area (Å²) in [4.78, 5) is 17.8. The Balaban J connectivity index is 1.42. The molecule has 2 aliphatic rings. The van der Waals surface area contributed by atoms with Crippen molar-refractivity contribution in [3.8, 4) is 11.8 Å². The molecular weight excluding hydrogens is 595 g/mol. The van der Waals surface area contributed by atoms with E-state index in [4.69, 9.17) is 21.6 Å². The highest BCUT2D eigenvalue weighted by atomic mass is 35.5. The molecule has 0 spiro atoms. The lowest BCUT2D eigenvalue weighted by molar-refractivity contribution is -0.135. The molecule has 2 aromatic carbocycles. The van der Waals surface area contributed by atoms with E-state index in [9.17, 15) is 13.2 Å². The molecule has 5 rings (SSSR count). The molecule has 13 heteroatoms. The first kappa shape index (κ1) is 30.7. The van der Waals surface area contributed by atoms with Crippen LogP contribution < -0.4 is 9.64 Å². The third kappa shape index (κ3) is 6.74. The van der Waals surface area contributed by atoms with Crippen LogP contribution in [0.2, 0.25) is 5.02 Å². The molecule has 0 radical (unpaired) electrons. The fourth-order valence-electron chi connectivity index (χ4n) is 6.02. The van der Waals surface area contributed by atoms with Crippen molar-refractivity contribution < 1.29 is 22.3 Å². The maximum absolute atomic E-state index is 15.4. The summed E-state index contributed by atoms with van der Waals surface area (Å²) in [6.45, 7) is 1.32. The van der Waals surface area contributed by atoms with E-state index < -0.39 is 27.7 Å². The monoisotopic (exact) mass is 626 g/mol. The van der Waals surface area contributed by atoms with Crippen molar-refractivity contribution in [3.05, 3.63) is 82.3 Å². The van der Waals surface area contributed by atoms with Gasteiger partial charge in [-0.2, -0.15) is 9.57 Å². The summed E-state index contributed by atoms with van der Waals surface area (Å²) in [5.41, 5.74) is 1.40. The van der Waals surface area contributed by atoms with Gasteiger partial charge in [-0.25, -0.2) is 12.8 Å². The number of benzene rings is 2. The predicted molar refractivity (Wildman–Crippen MR) is 160 cm³/mol. The number of rotatable bonds is 6. The SMILES string of the molecule is COc1ccc([C@@H]2CN(c3ccc(C#N)nn3)C[C@H]2C(=O)N2CCCC(c3ccc(Cl)cc3)N(S(C)(=O)=O)CC2)c(F)c1. The highest BCUT2D eigenvalue weighted by Crippen LogP contribution is 2.38.